The van der Waals surface area contributed by atoms with Gasteiger partial charge < -0.3 is 104 Å². The number of ether oxygens (including phenoxy) is 7. The lowest BCUT2D eigenvalue weighted by molar-refractivity contribution is -0.358. The van der Waals surface area contributed by atoms with Crippen molar-refractivity contribution in [2.45, 2.75) is 92.1 Å². The number of phenols is 3. The number of fused-ring (bicyclic) bond motifs is 1. The smallest absolute Gasteiger partial charge is 0.331 e. The summed E-state index contributed by atoms with van der Waals surface area (Å²) in [5.74, 6) is -3.64. The van der Waals surface area contributed by atoms with Gasteiger partial charge >= 0.3 is 5.97 Å². The standard InChI is InChI=1S/C42H46O23/c43-13-23-28(50)32(54)34(56)40(60-23)58-20-11-21(48)27-22(12-20)59-36(17-4-8-19(47)9-5-17)38(31(27)53)64-42-39(33(55)29(51)24(14-44)62-42)65-41-35(57)37(30(52)25(15-45)61-41)63-26(49)10-3-16-1-6-18(46)7-2-16/h1-12,23-25,28-30,32-35,37,39-48,50-52,54-57H,13-15H2/t23-,24-,25-,28-,29-,30-,32+,33+,34-,35-,37+,39-,40-,41+,42+/m1/s1. The van der Waals surface area contributed by atoms with E-state index in [1.807, 2.05) is 0 Å². The third-order valence-corrected chi connectivity index (χ3v) is 10.9. The van der Waals surface area contributed by atoms with E-state index in [0.29, 0.717) is 5.56 Å². The Balaban J connectivity index is 1.22. The highest BCUT2D eigenvalue weighted by molar-refractivity contribution is 5.88. The third kappa shape index (κ3) is 9.89. The molecule has 0 bridgehead atoms. The molecule has 4 aromatic rings. The normalized spacial score (nSPS) is 32.9. The average molecular weight is 919 g/mol. The Bertz CT molecular complexity index is 2350. The molecule has 3 aliphatic heterocycles. The molecule has 0 aliphatic carbocycles. The maximum Gasteiger partial charge on any atom is 0.331 e. The van der Waals surface area contributed by atoms with Crippen LogP contribution in [0.25, 0.3) is 28.4 Å². The Morgan fingerprint density at radius 3 is 1.82 bits per heavy atom. The van der Waals surface area contributed by atoms with Gasteiger partial charge in [-0.05, 0) is 48.0 Å². The number of hydrogen-bond acceptors (Lipinski definition) is 23. The third-order valence-electron chi connectivity index (χ3n) is 10.9. The molecule has 0 saturated carbocycles. The zero-order chi connectivity index (χ0) is 46.9. The van der Waals surface area contributed by atoms with Gasteiger partial charge in [-0.1, -0.05) is 12.1 Å². The number of aliphatic hydroxyl groups excluding tert-OH is 10. The largest absolute Gasteiger partial charge is 0.508 e. The lowest BCUT2D eigenvalue weighted by Crippen LogP contribution is -2.65. The summed E-state index contributed by atoms with van der Waals surface area (Å²) in [6, 6.07) is 12.7. The molecule has 7 rings (SSSR count). The quantitative estimate of drug-likeness (QED) is 0.0470. The van der Waals surface area contributed by atoms with Gasteiger partial charge in [0.15, 0.2) is 24.3 Å². The van der Waals surface area contributed by atoms with Crippen LogP contribution in [0, 0.1) is 0 Å². The molecular weight excluding hydrogens is 872 g/mol. The number of carbonyl (C=O) groups excluding carboxylic acids is 1. The lowest BCUT2D eigenvalue weighted by atomic mass is 9.97. The zero-order valence-electron chi connectivity index (χ0n) is 33.6. The van der Waals surface area contributed by atoms with E-state index < -0.39 is 152 Å². The van der Waals surface area contributed by atoms with Crippen LogP contribution in [0.3, 0.4) is 0 Å². The maximum atomic E-state index is 14.4. The van der Waals surface area contributed by atoms with Crippen LogP contribution in [-0.4, -0.2) is 184 Å². The number of esters is 1. The van der Waals surface area contributed by atoms with E-state index >= 15 is 0 Å². The van der Waals surface area contributed by atoms with Crippen molar-refractivity contribution in [2.75, 3.05) is 19.8 Å². The van der Waals surface area contributed by atoms with Crippen LogP contribution >= 0.6 is 0 Å². The van der Waals surface area contributed by atoms with Crippen LogP contribution in [0.2, 0.25) is 0 Å². The van der Waals surface area contributed by atoms with Crippen molar-refractivity contribution in [2.24, 2.45) is 0 Å². The fraction of sp³-hybridized carbons (Fsp3) is 0.429. The summed E-state index contributed by atoms with van der Waals surface area (Å²) < 4.78 is 45.7. The van der Waals surface area contributed by atoms with E-state index in [2.05, 4.69) is 0 Å². The van der Waals surface area contributed by atoms with Crippen LogP contribution in [-0.2, 0) is 28.5 Å². The molecule has 13 N–H and O–H groups in total. The van der Waals surface area contributed by atoms with E-state index in [4.69, 9.17) is 37.6 Å². The first kappa shape index (κ1) is 47.5. The van der Waals surface area contributed by atoms with Crippen molar-refractivity contribution < 1.29 is 109 Å². The van der Waals surface area contributed by atoms with Gasteiger partial charge in [0.2, 0.25) is 23.8 Å². The Kier molecular flexibility index (Phi) is 14.6. The molecular formula is C42H46O23. The van der Waals surface area contributed by atoms with Crippen molar-refractivity contribution in [3.8, 4) is 40.1 Å². The fourth-order valence-electron chi connectivity index (χ4n) is 7.33. The summed E-state index contributed by atoms with van der Waals surface area (Å²) in [6.07, 6.45) is -25.3. The number of hydrogen-bond donors (Lipinski definition) is 13. The van der Waals surface area contributed by atoms with Crippen LogP contribution in [0.1, 0.15) is 5.56 Å². The Hall–Kier alpha value is -5.48. The molecule has 3 aromatic carbocycles. The van der Waals surface area contributed by atoms with E-state index in [1.54, 1.807) is 0 Å². The van der Waals surface area contributed by atoms with E-state index in [-0.39, 0.29) is 22.8 Å². The van der Waals surface area contributed by atoms with Gasteiger partial charge in [-0.2, -0.15) is 0 Å². The summed E-state index contributed by atoms with van der Waals surface area (Å²) in [4.78, 5) is 27.3. The van der Waals surface area contributed by atoms with Gasteiger partial charge in [0.25, 0.3) is 0 Å². The fourth-order valence-corrected chi connectivity index (χ4v) is 7.33. The first-order chi connectivity index (χ1) is 31.0. The topological polar surface area (TPSA) is 375 Å². The minimum Gasteiger partial charge on any atom is -0.508 e. The molecule has 65 heavy (non-hydrogen) atoms. The van der Waals surface area contributed by atoms with Crippen LogP contribution in [0.15, 0.2) is 76.0 Å². The maximum absolute atomic E-state index is 14.4. The predicted octanol–water partition coefficient (Wildman–Crippen LogP) is -2.98. The van der Waals surface area contributed by atoms with Gasteiger partial charge in [0.05, 0.1) is 19.8 Å². The van der Waals surface area contributed by atoms with Gasteiger partial charge in [-0.15, -0.1) is 0 Å². The second-order valence-electron chi connectivity index (χ2n) is 15.2. The molecule has 352 valence electrons. The average Bonchev–Trinajstić information content (AvgIpc) is 3.29. The first-order valence-corrected chi connectivity index (χ1v) is 19.9. The Morgan fingerprint density at radius 2 is 1.18 bits per heavy atom. The number of benzene rings is 3. The highest BCUT2D eigenvalue weighted by Crippen LogP contribution is 2.39. The molecule has 0 unspecified atom stereocenters. The highest BCUT2D eigenvalue weighted by atomic mass is 16.8. The minimum absolute atomic E-state index is 0.0307. The van der Waals surface area contributed by atoms with Crippen molar-refractivity contribution in [3.63, 3.8) is 0 Å². The molecule has 0 radical (unpaired) electrons. The summed E-state index contributed by atoms with van der Waals surface area (Å²) >= 11 is 0. The van der Waals surface area contributed by atoms with Crippen molar-refractivity contribution >= 4 is 23.0 Å². The molecule has 4 heterocycles. The second-order valence-corrected chi connectivity index (χ2v) is 15.2. The van der Waals surface area contributed by atoms with E-state index in [1.165, 1.54) is 54.6 Å². The van der Waals surface area contributed by atoms with Crippen LogP contribution < -0.4 is 14.9 Å². The molecule has 3 aliphatic rings. The zero-order valence-corrected chi connectivity index (χ0v) is 33.6. The highest BCUT2D eigenvalue weighted by Gasteiger charge is 2.53. The van der Waals surface area contributed by atoms with Gasteiger partial charge in [0.1, 0.15) is 95.0 Å². The summed E-state index contributed by atoms with van der Waals surface area (Å²) in [6.45, 7) is -2.63. The number of aliphatic hydroxyl groups is 10. The van der Waals surface area contributed by atoms with Crippen molar-refractivity contribution in [1.82, 2.24) is 0 Å². The predicted molar refractivity (Wildman–Crippen MR) is 214 cm³/mol. The second kappa shape index (κ2) is 19.9. The molecule has 23 heteroatoms. The van der Waals surface area contributed by atoms with Crippen LogP contribution in [0.5, 0.6) is 28.7 Å². The summed E-state index contributed by atoms with van der Waals surface area (Å²) in [5.41, 5.74) is -1.01. The van der Waals surface area contributed by atoms with Crippen molar-refractivity contribution in [3.05, 3.63) is 82.5 Å². The number of carbonyl (C=O) groups is 1. The molecule has 15 atom stereocenters. The molecule has 3 saturated heterocycles. The van der Waals surface area contributed by atoms with Crippen molar-refractivity contribution in [1.29, 1.82) is 0 Å². The number of rotatable bonds is 13. The number of aromatic hydroxyl groups is 3. The Morgan fingerprint density at radius 1 is 0.615 bits per heavy atom. The first-order valence-electron chi connectivity index (χ1n) is 19.9. The van der Waals surface area contributed by atoms with Gasteiger partial charge in [0, 0.05) is 23.8 Å². The van der Waals surface area contributed by atoms with E-state index in [0.717, 1.165) is 18.2 Å². The lowest BCUT2D eigenvalue weighted by Gasteiger charge is -2.46. The summed E-state index contributed by atoms with van der Waals surface area (Å²) in [7, 11) is 0. The minimum atomic E-state index is -2.09. The van der Waals surface area contributed by atoms with Gasteiger partial charge in [-0.3, -0.25) is 4.79 Å². The SMILES string of the molecule is O=C(C=Cc1ccc(O)cc1)O[C@@H]1[C@@H](O)[C@H](O[C@H]2[C@H](Oc3c(-c4ccc(O)cc4)oc4cc(O[C@@H]5O[C@H](CO)[C@@H](O)[C@H](O)[C@H]5O)cc(O)c4c3=O)O[C@H](CO)[C@@H](O)[C@@H]2O)O[C@H](CO)[C@H]1O. The van der Waals surface area contributed by atoms with Gasteiger partial charge in [-0.25, -0.2) is 4.79 Å². The molecule has 3 fully saturated rings. The molecule has 0 spiro atoms. The van der Waals surface area contributed by atoms with Crippen LogP contribution in [0.4, 0.5) is 0 Å². The Labute approximate surface area is 365 Å². The molecule has 1 aromatic heterocycles. The number of phenolic OH excluding ortho intramolecular Hbond substituents is 3. The van der Waals surface area contributed by atoms with E-state index in [9.17, 15) is 76.0 Å². The molecule has 23 nitrogen and oxygen atoms in total. The molecule has 0 amide bonds. The monoisotopic (exact) mass is 918 g/mol. The summed E-state index contributed by atoms with van der Waals surface area (Å²) in [5, 5.41) is 135.